The smallest absolute Gasteiger partial charge is 0.250 e. The number of amides is 3. The molecule has 1 spiro atoms. The SMILES string of the molecule is COc1ccccc1CCNC(=O)CN1CN(c2ccccc2)C2(CCN(C(=O)CC(C)CC(C)(C)C)CC2)C1=O. The predicted octanol–water partition coefficient (Wildman–Crippen LogP) is 4.48. The summed E-state index contributed by atoms with van der Waals surface area (Å²) in [5, 5.41) is 2.97. The fourth-order valence-corrected chi connectivity index (χ4v) is 6.47. The van der Waals surface area contributed by atoms with E-state index in [-0.39, 0.29) is 29.7 Å². The summed E-state index contributed by atoms with van der Waals surface area (Å²) >= 11 is 0. The minimum Gasteiger partial charge on any atom is -0.496 e. The molecule has 0 bridgehead atoms. The van der Waals surface area contributed by atoms with Crippen LogP contribution < -0.4 is 15.0 Å². The average molecular weight is 563 g/mol. The van der Waals surface area contributed by atoms with Gasteiger partial charge < -0.3 is 24.8 Å². The van der Waals surface area contributed by atoms with E-state index in [1.54, 1.807) is 12.0 Å². The van der Waals surface area contributed by atoms with E-state index < -0.39 is 5.54 Å². The van der Waals surface area contributed by atoms with Gasteiger partial charge in [-0.3, -0.25) is 14.4 Å². The molecule has 0 aromatic heterocycles. The number of para-hydroxylation sites is 2. The molecule has 0 aliphatic carbocycles. The third-order valence-electron chi connectivity index (χ3n) is 8.25. The van der Waals surface area contributed by atoms with Gasteiger partial charge in [0.1, 0.15) is 17.8 Å². The zero-order valence-corrected chi connectivity index (χ0v) is 25.3. The molecule has 3 amide bonds. The first-order valence-electron chi connectivity index (χ1n) is 14.8. The van der Waals surface area contributed by atoms with Crippen LogP contribution in [0, 0.1) is 11.3 Å². The number of anilines is 1. The summed E-state index contributed by atoms with van der Waals surface area (Å²) in [5.41, 5.74) is 1.41. The van der Waals surface area contributed by atoms with Gasteiger partial charge in [-0.25, -0.2) is 0 Å². The molecule has 1 N–H and O–H groups in total. The lowest BCUT2D eigenvalue weighted by molar-refractivity contribution is -0.140. The molecule has 1 atom stereocenters. The molecule has 2 fully saturated rings. The highest BCUT2D eigenvalue weighted by Crippen LogP contribution is 2.39. The molecule has 222 valence electrons. The summed E-state index contributed by atoms with van der Waals surface area (Å²) in [4.78, 5) is 45.8. The Bertz CT molecular complexity index is 1200. The van der Waals surface area contributed by atoms with Gasteiger partial charge >= 0.3 is 0 Å². The van der Waals surface area contributed by atoms with Gasteiger partial charge in [-0.05, 0) is 60.8 Å². The lowest BCUT2D eigenvalue weighted by Crippen LogP contribution is -2.57. The van der Waals surface area contributed by atoms with E-state index in [0.29, 0.717) is 57.9 Å². The van der Waals surface area contributed by atoms with E-state index in [0.717, 1.165) is 23.4 Å². The Morgan fingerprint density at radius 3 is 2.34 bits per heavy atom. The van der Waals surface area contributed by atoms with Crippen molar-refractivity contribution in [3.8, 4) is 5.75 Å². The quantitative estimate of drug-likeness (QED) is 0.462. The second-order valence-corrected chi connectivity index (χ2v) is 12.8. The molecular formula is C33H46N4O4. The van der Waals surface area contributed by atoms with Crippen LogP contribution in [0.1, 0.15) is 58.9 Å². The molecule has 4 rings (SSSR count). The number of ether oxygens (including phenoxy) is 1. The third-order valence-corrected chi connectivity index (χ3v) is 8.25. The van der Waals surface area contributed by atoms with Crippen LogP contribution in [-0.2, 0) is 20.8 Å². The van der Waals surface area contributed by atoms with Crippen molar-refractivity contribution in [1.29, 1.82) is 0 Å². The van der Waals surface area contributed by atoms with E-state index in [9.17, 15) is 14.4 Å². The van der Waals surface area contributed by atoms with Crippen molar-refractivity contribution in [3.63, 3.8) is 0 Å². The number of hydrogen-bond donors (Lipinski definition) is 1. The molecule has 0 radical (unpaired) electrons. The molecule has 2 saturated heterocycles. The minimum absolute atomic E-state index is 0.00278. The normalized spacial score (nSPS) is 17.6. The lowest BCUT2D eigenvalue weighted by Gasteiger charge is -2.43. The highest BCUT2D eigenvalue weighted by atomic mass is 16.5. The first kappa shape index (κ1) is 30.4. The molecular weight excluding hydrogens is 516 g/mol. The van der Waals surface area contributed by atoms with Crippen molar-refractivity contribution in [2.75, 3.05) is 44.9 Å². The van der Waals surface area contributed by atoms with Crippen LogP contribution in [0.25, 0.3) is 0 Å². The Kier molecular flexibility index (Phi) is 9.61. The number of benzene rings is 2. The number of rotatable bonds is 10. The molecule has 8 heteroatoms. The van der Waals surface area contributed by atoms with E-state index >= 15 is 0 Å². The van der Waals surface area contributed by atoms with E-state index in [2.05, 4.69) is 37.9 Å². The van der Waals surface area contributed by atoms with Gasteiger partial charge in [0.2, 0.25) is 11.8 Å². The van der Waals surface area contributed by atoms with Crippen LogP contribution in [-0.4, -0.2) is 73.0 Å². The monoisotopic (exact) mass is 562 g/mol. The van der Waals surface area contributed by atoms with Gasteiger partial charge in [-0.1, -0.05) is 64.1 Å². The van der Waals surface area contributed by atoms with Crippen molar-refractivity contribution in [1.82, 2.24) is 15.1 Å². The van der Waals surface area contributed by atoms with Crippen molar-refractivity contribution in [2.45, 2.75) is 65.3 Å². The largest absolute Gasteiger partial charge is 0.496 e. The van der Waals surface area contributed by atoms with Crippen molar-refractivity contribution >= 4 is 23.4 Å². The summed E-state index contributed by atoms with van der Waals surface area (Å²) in [6.45, 7) is 10.6. The van der Waals surface area contributed by atoms with Crippen LogP contribution in [0.3, 0.4) is 0 Å². The van der Waals surface area contributed by atoms with Gasteiger partial charge in [-0.2, -0.15) is 0 Å². The highest BCUT2D eigenvalue weighted by Gasteiger charge is 2.54. The second kappa shape index (κ2) is 13.0. The maximum Gasteiger partial charge on any atom is 0.250 e. The van der Waals surface area contributed by atoms with Gasteiger partial charge in [0.15, 0.2) is 0 Å². The molecule has 2 aliphatic rings. The number of piperidine rings is 1. The van der Waals surface area contributed by atoms with Crippen LogP contribution in [0.4, 0.5) is 5.69 Å². The number of methoxy groups -OCH3 is 1. The molecule has 0 saturated carbocycles. The number of carbonyl (C=O) groups is 3. The maximum absolute atomic E-state index is 14.0. The Hall–Kier alpha value is -3.55. The highest BCUT2D eigenvalue weighted by molar-refractivity contribution is 5.96. The van der Waals surface area contributed by atoms with Gasteiger partial charge in [-0.15, -0.1) is 0 Å². The Morgan fingerprint density at radius 1 is 1.02 bits per heavy atom. The van der Waals surface area contributed by atoms with E-state index in [4.69, 9.17) is 4.74 Å². The van der Waals surface area contributed by atoms with Crippen molar-refractivity contribution < 1.29 is 19.1 Å². The fraction of sp³-hybridized carbons (Fsp3) is 0.545. The first-order chi connectivity index (χ1) is 19.5. The zero-order valence-electron chi connectivity index (χ0n) is 25.3. The molecule has 2 heterocycles. The number of likely N-dealkylation sites (tertiary alicyclic amines) is 1. The van der Waals surface area contributed by atoms with Gasteiger partial charge in [0, 0.05) is 31.7 Å². The van der Waals surface area contributed by atoms with Crippen LogP contribution >= 0.6 is 0 Å². The van der Waals surface area contributed by atoms with Crippen molar-refractivity contribution in [3.05, 3.63) is 60.2 Å². The molecule has 8 nitrogen and oxygen atoms in total. The van der Waals surface area contributed by atoms with Gasteiger partial charge in [0.25, 0.3) is 5.91 Å². The van der Waals surface area contributed by atoms with E-state index in [1.165, 1.54) is 0 Å². The standard InChI is InChI=1S/C33H46N4O4/c1-25(22-32(2,3)4)21-30(39)35-19-16-33(17-20-35)31(40)36(24-37(33)27-12-7-6-8-13-27)23-29(38)34-18-15-26-11-9-10-14-28(26)41-5/h6-14,25H,15-24H2,1-5H3,(H,34,38). The summed E-state index contributed by atoms with van der Waals surface area (Å²) < 4.78 is 5.41. The Balaban J connectivity index is 1.39. The lowest BCUT2D eigenvalue weighted by atomic mass is 9.83. The first-order valence-corrected chi connectivity index (χ1v) is 14.8. The molecule has 1 unspecified atom stereocenters. The Labute approximate surface area is 245 Å². The average Bonchev–Trinajstić information content (AvgIpc) is 3.19. The number of nitrogens with zero attached hydrogens (tertiary/aromatic N) is 3. The molecule has 2 aromatic carbocycles. The maximum atomic E-state index is 14.0. The topological polar surface area (TPSA) is 82.2 Å². The summed E-state index contributed by atoms with van der Waals surface area (Å²) in [5.74, 6) is 1.06. The summed E-state index contributed by atoms with van der Waals surface area (Å²) in [7, 11) is 1.64. The fourth-order valence-electron chi connectivity index (χ4n) is 6.47. The molecule has 2 aliphatic heterocycles. The van der Waals surface area contributed by atoms with Crippen LogP contribution in [0.5, 0.6) is 5.75 Å². The number of carbonyl (C=O) groups excluding carboxylic acids is 3. The predicted molar refractivity (Wildman–Crippen MR) is 162 cm³/mol. The van der Waals surface area contributed by atoms with E-state index in [1.807, 2.05) is 59.5 Å². The third kappa shape index (κ3) is 7.40. The summed E-state index contributed by atoms with van der Waals surface area (Å²) in [6, 6.07) is 17.7. The van der Waals surface area contributed by atoms with Crippen LogP contribution in [0.2, 0.25) is 0 Å². The second-order valence-electron chi connectivity index (χ2n) is 12.8. The Morgan fingerprint density at radius 2 is 1.68 bits per heavy atom. The zero-order chi connectivity index (χ0) is 29.6. The van der Waals surface area contributed by atoms with Crippen molar-refractivity contribution in [2.24, 2.45) is 11.3 Å². The minimum atomic E-state index is -0.757. The number of hydrogen-bond acceptors (Lipinski definition) is 5. The van der Waals surface area contributed by atoms with Gasteiger partial charge in [0.05, 0.1) is 13.8 Å². The number of nitrogens with one attached hydrogen (secondary N) is 1. The summed E-state index contributed by atoms with van der Waals surface area (Å²) in [6.07, 6.45) is 3.26. The molecule has 2 aromatic rings. The molecule has 41 heavy (non-hydrogen) atoms. The van der Waals surface area contributed by atoms with Crippen LogP contribution in [0.15, 0.2) is 54.6 Å².